The van der Waals surface area contributed by atoms with E-state index in [1.807, 2.05) is 6.92 Å². The Morgan fingerprint density at radius 2 is 2.07 bits per heavy atom. The number of hydrogen-bond acceptors (Lipinski definition) is 3. The van der Waals surface area contributed by atoms with Crippen LogP contribution in [-0.2, 0) is 14.3 Å². The Hall–Kier alpha value is -1.06. The summed E-state index contributed by atoms with van der Waals surface area (Å²) in [5.74, 6) is -0.245. The number of nitrogens with one attached hydrogen (secondary N) is 1. The molecule has 0 aromatic heterocycles. The molecule has 15 heavy (non-hydrogen) atoms. The largest absolute Gasteiger partial charge is 0.464 e. The second kappa shape index (κ2) is 4.64. The van der Waals surface area contributed by atoms with Crippen molar-refractivity contribution >= 4 is 11.9 Å². The van der Waals surface area contributed by atoms with Crippen LogP contribution in [0.15, 0.2) is 0 Å². The molecule has 86 valence electrons. The Labute approximate surface area is 90.4 Å². The number of esters is 1. The zero-order valence-corrected chi connectivity index (χ0v) is 9.63. The second-order valence-corrected chi connectivity index (χ2v) is 4.29. The highest BCUT2D eigenvalue weighted by atomic mass is 16.5. The third-order valence-electron chi connectivity index (χ3n) is 2.69. The maximum absolute atomic E-state index is 11.8. The SMILES string of the molecule is CCCOC(=O)[C@](C)(NC(C)=O)C1CC1. The molecule has 0 unspecified atom stereocenters. The van der Waals surface area contributed by atoms with E-state index in [0.29, 0.717) is 6.61 Å². The van der Waals surface area contributed by atoms with Crippen LogP contribution in [0.25, 0.3) is 0 Å². The van der Waals surface area contributed by atoms with Crippen LogP contribution in [0, 0.1) is 5.92 Å². The van der Waals surface area contributed by atoms with Crippen molar-refractivity contribution in [2.24, 2.45) is 5.92 Å². The molecule has 4 heteroatoms. The molecule has 0 aromatic carbocycles. The van der Waals surface area contributed by atoms with Crippen LogP contribution in [0.1, 0.15) is 40.0 Å². The average Bonchev–Trinajstić information content (AvgIpc) is 2.95. The Morgan fingerprint density at radius 3 is 2.47 bits per heavy atom. The number of ether oxygens (including phenoxy) is 1. The van der Waals surface area contributed by atoms with E-state index >= 15 is 0 Å². The summed E-state index contributed by atoms with van der Waals surface area (Å²) in [6.07, 6.45) is 2.77. The zero-order chi connectivity index (χ0) is 11.5. The minimum absolute atomic E-state index is 0.183. The van der Waals surface area contributed by atoms with Crippen molar-refractivity contribution in [3.8, 4) is 0 Å². The molecular formula is C11H19NO3. The average molecular weight is 213 g/mol. The van der Waals surface area contributed by atoms with Gasteiger partial charge in [0, 0.05) is 6.92 Å². The van der Waals surface area contributed by atoms with Crippen molar-refractivity contribution in [2.75, 3.05) is 6.61 Å². The van der Waals surface area contributed by atoms with Gasteiger partial charge in [0.15, 0.2) is 0 Å². The predicted molar refractivity (Wildman–Crippen MR) is 56.2 cm³/mol. The van der Waals surface area contributed by atoms with E-state index in [0.717, 1.165) is 19.3 Å². The summed E-state index contributed by atoms with van der Waals surface area (Å²) in [4.78, 5) is 22.9. The van der Waals surface area contributed by atoms with Crippen LogP contribution < -0.4 is 5.32 Å². The number of amides is 1. The fourth-order valence-electron chi connectivity index (χ4n) is 1.69. The van der Waals surface area contributed by atoms with Crippen LogP contribution in [-0.4, -0.2) is 24.0 Å². The normalized spacial score (nSPS) is 19.1. The van der Waals surface area contributed by atoms with Crippen molar-refractivity contribution in [2.45, 2.75) is 45.6 Å². The maximum atomic E-state index is 11.8. The van der Waals surface area contributed by atoms with Gasteiger partial charge in [0.2, 0.25) is 5.91 Å². The van der Waals surface area contributed by atoms with Gasteiger partial charge in [0.25, 0.3) is 0 Å². The van der Waals surface area contributed by atoms with Gasteiger partial charge in [-0.1, -0.05) is 6.92 Å². The number of carbonyl (C=O) groups is 2. The van der Waals surface area contributed by atoms with E-state index in [2.05, 4.69) is 5.32 Å². The first-order chi connectivity index (χ1) is 7.00. The molecular weight excluding hydrogens is 194 g/mol. The van der Waals surface area contributed by atoms with E-state index in [1.165, 1.54) is 6.92 Å². The summed E-state index contributed by atoms with van der Waals surface area (Å²) < 4.78 is 5.10. The zero-order valence-electron chi connectivity index (χ0n) is 9.63. The lowest BCUT2D eigenvalue weighted by Crippen LogP contribution is -2.54. The van der Waals surface area contributed by atoms with E-state index in [1.54, 1.807) is 6.92 Å². The van der Waals surface area contributed by atoms with Gasteiger partial charge in [-0.25, -0.2) is 4.79 Å². The summed E-state index contributed by atoms with van der Waals surface area (Å²) in [5, 5.41) is 2.71. The van der Waals surface area contributed by atoms with Gasteiger partial charge in [-0.15, -0.1) is 0 Å². The molecule has 0 bridgehead atoms. The van der Waals surface area contributed by atoms with Gasteiger partial charge >= 0.3 is 5.97 Å². The van der Waals surface area contributed by atoms with Crippen LogP contribution in [0.5, 0.6) is 0 Å². The molecule has 0 aromatic rings. The third-order valence-corrected chi connectivity index (χ3v) is 2.69. The van der Waals surface area contributed by atoms with Gasteiger partial charge < -0.3 is 10.1 Å². The Kier molecular flexibility index (Phi) is 3.72. The molecule has 1 fully saturated rings. The Balaban J connectivity index is 2.62. The first-order valence-corrected chi connectivity index (χ1v) is 5.46. The van der Waals surface area contributed by atoms with E-state index in [4.69, 9.17) is 4.74 Å². The van der Waals surface area contributed by atoms with Crippen molar-refractivity contribution in [3.05, 3.63) is 0 Å². The molecule has 0 radical (unpaired) electrons. The molecule has 0 spiro atoms. The highest BCUT2D eigenvalue weighted by molar-refractivity contribution is 5.87. The van der Waals surface area contributed by atoms with Crippen molar-refractivity contribution in [3.63, 3.8) is 0 Å². The molecule has 0 aliphatic heterocycles. The van der Waals surface area contributed by atoms with Gasteiger partial charge in [-0.2, -0.15) is 0 Å². The van der Waals surface area contributed by atoms with E-state index < -0.39 is 5.54 Å². The minimum Gasteiger partial charge on any atom is -0.464 e. The second-order valence-electron chi connectivity index (χ2n) is 4.29. The summed E-state index contributed by atoms with van der Waals surface area (Å²) in [5.41, 5.74) is -0.818. The number of rotatable bonds is 5. The molecule has 1 amide bonds. The molecule has 0 heterocycles. The summed E-state index contributed by atoms with van der Waals surface area (Å²) in [6.45, 7) is 5.54. The molecule has 4 nitrogen and oxygen atoms in total. The standard InChI is InChI=1S/C11H19NO3/c1-4-7-15-10(14)11(3,9-5-6-9)12-8(2)13/h9H,4-7H2,1-3H3,(H,12,13)/t11-/m1/s1. The van der Waals surface area contributed by atoms with Gasteiger partial charge in [-0.3, -0.25) is 4.79 Å². The molecule has 1 rings (SSSR count). The molecule has 1 atom stereocenters. The van der Waals surface area contributed by atoms with E-state index in [9.17, 15) is 9.59 Å². The smallest absolute Gasteiger partial charge is 0.331 e. The predicted octanol–water partition coefficient (Wildman–Crippen LogP) is 1.24. The minimum atomic E-state index is -0.818. The van der Waals surface area contributed by atoms with Gasteiger partial charge in [-0.05, 0) is 32.1 Å². The quantitative estimate of drug-likeness (QED) is 0.699. The summed E-state index contributed by atoms with van der Waals surface area (Å²) in [6, 6.07) is 0. The van der Waals surface area contributed by atoms with E-state index in [-0.39, 0.29) is 17.8 Å². The van der Waals surface area contributed by atoms with Crippen LogP contribution in [0.2, 0.25) is 0 Å². The summed E-state index contributed by atoms with van der Waals surface area (Å²) in [7, 11) is 0. The van der Waals surface area contributed by atoms with Crippen molar-refractivity contribution < 1.29 is 14.3 Å². The first kappa shape index (κ1) is 12.0. The lowest BCUT2D eigenvalue weighted by molar-refractivity contribution is -0.154. The number of hydrogen-bond donors (Lipinski definition) is 1. The first-order valence-electron chi connectivity index (χ1n) is 5.46. The fraction of sp³-hybridized carbons (Fsp3) is 0.818. The highest BCUT2D eigenvalue weighted by Crippen LogP contribution is 2.40. The Morgan fingerprint density at radius 1 is 1.47 bits per heavy atom. The lowest BCUT2D eigenvalue weighted by Gasteiger charge is -2.27. The molecule has 0 saturated heterocycles. The van der Waals surface area contributed by atoms with Crippen molar-refractivity contribution in [1.29, 1.82) is 0 Å². The van der Waals surface area contributed by atoms with Crippen LogP contribution in [0.3, 0.4) is 0 Å². The maximum Gasteiger partial charge on any atom is 0.331 e. The molecule has 1 saturated carbocycles. The number of carbonyl (C=O) groups excluding carboxylic acids is 2. The topological polar surface area (TPSA) is 55.4 Å². The van der Waals surface area contributed by atoms with Crippen LogP contribution >= 0.6 is 0 Å². The molecule has 1 aliphatic rings. The Bertz CT molecular complexity index is 261. The van der Waals surface area contributed by atoms with Crippen LogP contribution in [0.4, 0.5) is 0 Å². The highest BCUT2D eigenvalue weighted by Gasteiger charge is 2.49. The lowest BCUT2D eigenvalue weighted by atomic mass is 9.96. The van der Waals surface area contributed by atoms with Gasteiger partial charge in [0.05, 0.1) is 6.61 Å². The fourth-order valence-corrected chi connectivity index (χ4v) is 1.69. The molecule has 1 aliphatic carbocycles. The molecule has 1 N–H and O–H groups in total. The third kappa shape index (κ3) is 2.94. The van der Waals surface area contributed by atoms with Gasteiger partial charge in [0.1, 0.15) is 5.54 Å². The monoisotopic (exact) mass is 213 g/mol. The van der Waals surface area contributed by atoms with Crippen molar-refractivity contribution in [1.82, 2.24) is 5.32 Å². The summed E-state index contributed by atoms with van der Waals surface area (Å²) >= 11 is 0.